The summed E-state index contributed by atoms with van der Waals surface area (Å²) >= 11 is 16.9. The molecule has 2 aromatic rings. The van der Waals surface area contributed by atoms with Crippen molar-refractivity contribution in [1.82, 2.24) is 20.0 Å². The molecule has 0 spiro atoms. The van der Waals surface area contributed by atoms with Gasteiger partial charge < -0.3 is 4.74 Å². The van der Waals surface area contributed by atoms with Gasteiger partial charge in [0.05, 0.1) is 29.8 Å². The van der Waals surface area contributed by atoms with Crippen LogP contribution in [0.2, 0.25) is 0 Å². The van der Waals surface area contributed by atoms with E-state index in [1.165, 1.54) is 30.2 Å². The molecule has 0 unspecified atom stereocenters. The van der Waals surface area contributed by atoms with Gasteiger partial charge in [0.25, 0.3) is 0 Å². The maximum atomic E-state index is 11.9. The van der Waals surface area contributed by atoms with Crippen LogP contribution in [-0.2, 0) is 4.74 Å². The highest BCUT2D eigenvalue weighted by Gasteiger charge is 2.32. The monoisotopic (exact) mass is 334 g/mol. The number of hydrogen-bond donors (Lipinski definition) is 0. The molecule has 0 aromatic carbocycles. The second-order valence-electron chi connectivity index (χ2n) is 3.87. The largest absolute Gasteiger partial charge is 0.454 e. The standard InChI is InChI=1S/C11H9Cl3N4O2/c1-7(11(12,13)14)20-10(19)8-4-9(6-15-5-8)18-3-2-16-17-18/h2-7H,1H3/t7-/m1/s1. The zero-order valence-electron chi connectivity index (χ0n) is 10.2. The molecule has 0 aliphatic carbocycles. The summed E-state index contributed by atoms with van der Waals surface area (Å²) in [7, 11) is 0. The van der Waals surface area contributed by atoms with Crippen molar-refractivity contribution in [2.45, 2.75) is 16.8 Å². The fourth-order valence-corrected chi connectivity index (χ4v) is 1.44. The lowest BCUT2D eigenvalue weighted by Crippen LogP contribution is -2.28. The first kappa shape index (κ1) is 15.0. The number of pyridine rings is 1. The van der Waals surface area contributed by atoms with Crippen molar-refractivity contribution in [2.24, 2.45) is 0 Å². The molecule has 1 atom stereocenters. The van der Waals surface area contributed by atoms with E-state index in [1.54, 1.807) is 12.3 Å². The Balaban J connectivity index is 2.17. The average molecular weight is 336 g/mol. The Hall–Kier alpha value is -1.37. The van der Waals surface area contributed by atoms with Crippen LogP contribution in [0.3, 0.4) is 0 Å². The van der Waals surface area contributed by atoms with Crippen molar-refractivity contribution in [3.05, 3.63) is 36.4 Å². The van der Waals surface area contributed by atoms with E-state index in [-0.39, 0.29) is 5.56 Å². The van der Waals surface area contributed by atoms with Gasteiger partial charge in [0.1, 0.15) is 6.10 Å². The predicted molar refractivity (Wildman–Crippen MR) is 74.3 cm³/mol. The van der Waals surface area contributed by atoms with Gasteiger partial charge in [0.2, 0.25) is 3.79 Å². The number of esters is 1. The Bertz CT molecular complexity index is 598. The quantitative estimate of drug-likeness (QED) is 0.637. The third-order valence-corrected chi connectivity index (χ3v) is 3.31. The van der Waals surface area contributed by atoms with Gasteiger partial charge in [0.15, 0.2) is 0 Å². The van der Waals surface area contributed by atoms with E-state index in [0.29, 0.717) is 5.69 Å². The second kappa shape index (κ2) is 5.95. The zero-order chi connectivity index (χ0) is 14.8. The van der Waals surface area contributed by atoms with E-state index in [0.717, 1.165) is 0 Å². The Kier molecular flexibility index (Phi) is 4.47. The Morgan fingerprint density at radius 3 is 2.75 bits per heavy atom. The van der Waals surface area contributed by atoms with E-state index in [9.17, 15) is 4.79 Å². The van der Waals surface area contributed by atoms with Crippen LogP contribution in [0, 0.1) is 0 Å². The molecule has 0 radical (unpaired) electrons. The molecule has 0 N–H and O–H groups in total. The van der Waals surface area contributed by atoms with Gasteiger partial charge in [-0.25, -0.2) is 9.48 Å². The van der Waals surface area contributed by atoms with Crippen LogP contribution in [-0.4, -0.2) is 35.8 Å². The molecular formula is C11H9Cl3N4O2. The Morgan fingerprint density at radius 2 is 2.15 bits per heavy atom. The average Bonchev–Trinajstić information content (AvgIpc) is 2.91. The number of carbonyl (C=O) groups excluding carboxylic acids is 1. The molecule has 0 aliphatic heterocycles. The van der Waals surface area contributed by atoms with E-state index in [4.69, 9.17) is 39.5 Å². The minimum atomic E-state index is -1.69. The van der Waals surface area contributed by atoms with Crippen molar-refractivity contribution < 1.29 is 9.53 Å². The van der Waals surface area contributed by atoms with Crippen LogP contribution < -0.4 is 0 Å². The molecule has 9 heteroatoms. The zero-order valence-corrected chi connectivity index (χ0v) is 12.5. The molecule has 2 heterocycles. The molecule has 2 aromatic heterocycles. The Morgan fingerprint density at radius 1 is 1.40 bits per heavy atom. The van der Waals surface area contributed by atoms with E-state index in [2.05, 4.69) is 15.3 Å². The first-order valence-corrected chi connectivity index (χ1v) is 6.61. The number of carbonyl (C=O) groups is 1. The normalized spacial score (nSPS) is 13.0. The van der Waals surface area contributed by atoms with Gasteiger partial charge in [-0.2, -0.15) is 0 Å². The number of hydrogen-bond acceptors (Lipinski definition) is 5. The molecule has 6 nitrogen and oxygen atoms in total. The van der Waals surface area contributed by atoms with Crippen molar-refractivity contribution >= 4 is 40.8 Å². The maximum absolute atomic E-state index is 11.9. The van der Waals surface area contributed by atoms with Gasteiger partial charge in [-0.1, -0.05) is 40.0 Å². The molecule has 2 rings (SSSR count). The molecular weight excluding hydrogens is 327 g/mol. The SMILES string of the molecule is C[C@@H](OC(=O)c1cncc(-n2ccnn2)c1)C(Cl)(Cl)Cl. The lowest BCUT2D eigenvalue weighted by molar-refractivity contribution is 0.0348. The van der Waals surface area contributed by atoms with Gasteiger partial charge >= 0.3 is 5.97 Å². The van der Waals surface area contributed by atoms with E-state index >= 15 is 0 Å². The summed E-state index contributed by atoms with van der Waals surface area (Å²) in [6.45, 7) is 1.49. The summed E-state index contributed by atoms with van der Waals surface area (Å²) in [5.74, 6) is -0.640. The second-order valence-corrected chi connectivity index (χ2v) is 6.24. The summed E-state index contributed by atoms with van der Waals surface area (Å²) < 4.78 is 4.83. The molecule has 0 saturated carbocycles. The number of rotatable bonds is 3. The van der Waals surface area contributed by atoms with E-state index < -0.39 is 15.9 Å². The van der Waals surface area contributed by atoms with Crippen molar-refractivity contribution in [2.75, 3.05) is 0 Å². The molecule has 0 aliphatic rings. The molecule has 0 bridgehead atoms. The number of nitrogens with zero attached hydrogens (tertiary/aromatic N) is 4. The molecule has 0 saturated heterocycles. The first-order valence-electron chi connectivity index (χ1n) is 5.47. The smallest absolute Gasteiger partial charge is 0.340 e. The first-order chi connectivity index (χ1) is 9.38. The highest BCUT2D eigenvalue weighted by Crippen LogP contribution is 2.32. The van der Waals surface area contributed by atoms with Crippen LogP contribution in [0.25, 0.3) is 5.69 Å². The summed E-state index contributed by atoms with van der Waals surface area (Å²) in [5.41, 5.74) is 0.789. The predicted octanol–water partition coefficient (Wildman–Crippen LogP) is 2.58. The van der Waals surface area contributed by atoms with E-state index in [1.807, 2.05) is 0 Å². The van der Waals surface area contributed by atoms with Crippen LogP contribution in [0.15, 0.2) is 30.9 Å². The summed E-state index contributed by atoms with van der Waals surface area (Å²) in [6, 6.07) is 1.55. The van der Waals surface area contributed by atoms with Gasteiger partial charge in [-0.3, -0.25) is 4.98 Å². The molecule has 0 fully saturated rings. The van der Waals surface area contributed by atoms with Crippen LogP contribution >= 0.6 is 34.8 Å². The fraction of sp³-hybridized carbons (Fsp3) is 0.273. The summed E-state index contributed by atoms with van der Waals surface area (Å²) in [5, 5.41) is 7.47. The lowest BCUT2D eigenvalue weighted by Gasteiger charge is -2.20. The summed E-state index contributed by atoms with van der Waals surface area (Å²) in [6.07, 6.45) is 5.12. The molecule has 20 heavy (non-hydrogen) atoms. The van der Waals surface area contributed by atoms with Gasteiger partial charge in [0, 0.05) is 6.20 Å². The molecule has 106 valence electrons. The van der Waals surface area contributed by atoms with Crippen LogP contribution in [0.4, 0.5) is 0 Å². The lowest BCUT2D eigenvalue weighted by atomic mass is 10.2. The topological polar surface area (TPSA) is 69.9 Å². The van der Waals surface area contributed by atoms with Crippen LogP contribution in [0.1, 0.15) is 17.3 Å². The maximum Gasteiger partial charge on any atom is 0.340 e. The number of ether oxygens (including phenoxy) is 1. The van der Waals surface area contributed by atoms with Gasteiger partial charge in [-0.15, -0.1) is 5.10 Å². The summed E-state index contributed by atoms with van der Waals surface area (Å²) in [4.78, 5) is 15.9. The van der Waals surface area contributed by atoms with Crippen molar-refractivity contribution in [1.29, 1.82) is 0 Å². The third kappa shape index (κ3) is 3.59. The minimum absolute atomic E-state index is 0.221. The number of alkyl halides is 3. The Labute approximate surface area is 129 Å². The minimum Gasteiger partial charge on any atom is -0.454 e. The number of halogens is 3. The van der Waals surface area contributed by atoms with Crippen LogP contribution in [0.5, 0.6) is 0 Å². The van der Waals surface area contributed by atoms with Crippen molar-refractivity contribution in [3.63, 3.8) is 0 Å². The third-order valence-electron chi connectivity index (χ3n) is 2.39. The molecule has 0 amide bonds. The highest BCUT2D eigenvalue weighted by molar-refractivity contribution is 6.68. The van der Waals surface area contributed by atoms with Gasteiger partial charge in [-0.05, 0) is 13.0 Å². The number of aromatic nitrogens is 4. The van der Waals surface area contributed by atoms with Crippen molar-refractivity contribution in [3.8, 4) is 5.69 Å². The highest BCUT2D eigenvalue weighted by atomic mass is 35.6. The fourth-order valence-electron chi connectivity index (χ4n) is 1.31.